The number of aliphatic carboxylic acids is 2. The molecular weight excluding hydrogens is 498 g/mol. The molecule has 2 unspecified atom stereocenters. The van der Waals surface area contributed by atoms with Crippen LogP contribution in [-0.4, -0.2) is 52.3 Å². The number of aryl methyl sites for hydroxylation is 2. The van der Waals surface area contributed by atoms with Crippen LogP contribution in [0.5, 0.6) is 0 Å². The molecule has 0 radical (unpaired) electrons. The Balaban J connectivity index is 0.000000297. The van der Waals surface area contributed by atoms with Gasteiger partial charge in [-0.3, -0.25) is 0 Å². The molecule has 2 fully saturated rings. The molecule has 2 bridgehead atoms. The molecule has 0 saturated carbocycles. The van der Waals surface area contributed by atoms with Crippen LogP contribution < -0.4 is 0 Å². The van der Waals surface area contributed by atoms with Gasteiger partial charge in [-0.05, 0) is 80.0 Å². The first-order valence-electron chi connectivity index (χ1n) is 11.7. The van der Waals surface area contributed by atoms with Crippen molar-refractivity contribution in [1.29, 1.82) is 0 Å². The van der Waals surface area contributed by atoms with Gasteiger partial charge in [0, 0.05) is 28.7 Å². The van der Waals surface area contributed by atoms with Crippen molar-refractivity contribution in [2.24, 2.45) is 0 Å². The van der Waals surface area contributed by atoms with Crippen molar-refractivity contribution in [3.05, 3.63) is 81.3 Å². The van der Waals surface area contributed by atoms with Crippen LogP contribution in [0.1, 0.15) is 54.0 Å². The van der Waals surface area contributed by atoms with Gasteiger partial charge in [0.2, 0.25) is 0 Å². The van der Waals surface area contributed by atoms with Crippen molar-refractivity contribution in [2.45, 2.75) is 62.8 Å². The number of halogens is 1. The lowest BCUT2D eigenvalue weighted by molar-refractivity contribution is -0.134. The monoisotopic (exact) mass is 527 g/mol. The van der Waals surface area contributed by atoms with Crippen molar-refractivity contribution < 1.29 is 24.5 Å². The fourth-order valence-corrected chi connectivity index (χ4v) is 5.83. The van der Waals surface area contributed by atoms with E-state index in [9.17, 15) is 9.59 Å². The summed E-state index contributed by atoms with van der Waals surface area (Å²) in [6, 6.07) is 17.0. The van der Waals surface area contributed by atoms with E-state index in [1.165, 1.54) is 47.9 Å². The first-order valence-corrected chi connectivity index (χ1v) is 12.5. The zero-order valence-corrected chi connectivity index (χ0v) is 20.8. The molecule has 2 aliphatic heterocycles. The van der Waals surface area contributed by atoms with Crippen LogP contribution in [-0.2, 0) is 27.2 Å². The highest BCUT2D eigenvalue weighted by Gasteiger charge is 2.40. The molecule has 2 saturated heterocycles. The minimum atomic E-state index is -1.26. The summed E-state index contributed by atoms with van der Waals surface area (Å²) in [5.74, 6) is -2.51. The summed E-state index contributed by atoms with van der Waals surface area (Å²) in [7, 11) is 2.30. The second-order valence-electron chi connectivity index (χ2n) is 9.21. The van der Waals surface area contributed by atoms with E-state index in [1.54, 1.807) is 0 Å². The summed E-state index contributed by atoms with van der Waals surface area (Å²) >= 11 is 3.68. The van der Waals surface area contributed by atoms with Gasteiger partial charge in [-0.1, -0.05) is 46.3 Å². The molecule has 3 aliphatic rings. The molecule has 180 valence electrons. The molecule has 7 heteroatoms. The van der Waals surface area contributed by atoms with E-state index in [0.717, 1.165) is 17.3 Å². The van der Waals surface area contributed by atoms with Crippen LogP contribution in [0.15, 0.2) is 59.1 Å². The first kappa shape index (κ1) is 24.6. The predicted octanol–water partition coefficient (Wildman–Crippen LogP) is 4.99. The number of carboxylic acids is 2. The lowest BCUT2D eigenvalue weighted by atomic mass is 9.95. The Morgan fingerprint density at radius 2 is 1.53 bits per heavy atom. The summed E-state index contributed by atoms with van der Waals surface area (Å²) in [4.78, 5) is 21.7. The zero-order valence-electron chi connectivity index (χ0n) is 19.2. The van der Waals surface area contributed by atoms with E-state index in [4.69, 9.17) is 14.9 Å². The minimum Gasteiger partial charge on any atom is -0.478 e. The van der Waals surface area contributed by atoms with Gasteiger partial charge in [-0.25, -0.2) is 9.59 Å². The van der Waals surface area contributed by atoms with Gasteiger partial charge in [0.1, 0.15) is 6.10 Å². The fraction of sp³-hybridized carbons (Fsp3) is 0.407. The fourth-order valence-electron chi connectivity index (χ4n) is 5.45. The van der Waals surface area contributed by atoms with Crippen LogP contribution in [0, 0.1) is 0 Å². The summed E-state index contributed by atoms with van der Waals surface area (Å²) in [5, 5.41) is 15.6. The summed E-state index contributed by atoms with van der Waals surface area (Å²) in [5.41, 5.74) is 5.61. The number of hydrogen-bond donors (Lipinski definition) is 2. The van der Waals surface area contributed by atoms with Crippen molar-refractivity contribution in [3.63, 3.8) is 0 Å². The summed E-state index contributed by atoms with van der Waals surface area (Å²) in [6.45, 7) is 0. The number of carbonyl (C=O) groups is 2. The van der Waals surface area contributed by atoms with Crippen LogP contribution in [0.3, 0.4) is 0 Å². The van der Waals surface area contributed by atoms with Crippen molar-refractivity contribution in [3.8, 4) is 0 Å². The van der Waals surface area contributed by atoms with Gasteiger partial charge in [0.15, 0.2) is 0 Å². The van der Waals surface area contributed by atoms with E-state index < -0.39 is 11.9 Å². The lowest BCUT2D eigenvalue weighted by Crippen LogP contribution is -2.43. The van der Waals surface area contributed by atoms with Gasteiger partial charge < -0.3 is 19.8 Å². The number of carboxylic acid groups (broad SMARTS) is 2. The Hall–Kier alpha value is -2.48. The second kappa shape index (κ2) is 10.8. The highest BCUT2D eigenvalue weighted by atomic mass is 79.9. The number of hydrogen-bond acceptors (Lipinski definition) is 4. The van der Waals surface area contributed by atoms with Crippen molar-refractivity contribution in [1.82, 2.24) is 4.90 Å². The smallest absolute Gasteiger partial charge is 0.328 e. The number of benzene rings is 2. The molecule has 34 heavy (non-hydrogen) atoms. The Morgan fingerprint density at radius 1 is 0.941 bits per heavy atom. The number of ether oxygens (including phenoxy) is 1. The maximum Gasteiger partial charge on any atom is 0.328 e. The Kier molecular flexibility index (Phi) is 7.86. The Morgan fingerprint density at radius 3 is 2.15 bits per heavy atom. The lowest BCUT2D eigenvalue weighted by Gasteiger charge is -2.38. The quantitative estimate of drug-likeness (QED) is 0.544. The molecule has 2 aromatic rings. The normalized spacial score (nSPS) is 25.6. The Labute approximate surface area is 208 Å². The molecule has 2 N–H and O–H groups in total. The largest absolute Gasteiger partial charge is 0.478 e. The standard InChI is InChI=1S/C23H26BrNO.C4H4O4/c1-25-18-10-11-19(25)14-20(13-18)26-23-21-5-3-2-4-15(21)6-7-16-8-9-17(24)12-22(16)23;5-3(6)1-2-4(7)8/h2-5,8-9,12,18-20,23H,6-7,10-11,13-14H2,1H3;1-2H,(H,5,6)(H,7,8)/b;2-1-/t18-,19+,20?,23?;. The van der Waals surface area contributed by atoms with Gasteiger partial charge in [-0.15, -0.1) is 0 Å². The summed E-state index contributed by atoms with van der Waals surface area (Å²) < 4.78 is 8.05. The highest BCUT2D eigenvalue weighted by Crippen LogP contribution is 2.41. The molecule has 0 aromatic heterocycles. The molecule has 0 amide bonds. The maximum absolute atomic E-state index is 9.55. The third-order valence-corrected chi connectivity index (χ3v) is 7.64. The van der Waals surface area contributed by atoms with E-state index in [2.05, 4.69) is 70.3 Å². The highest BCUT2D eigenvalue weighted by molar-refractivity contribution is 9.10. The van der Waals surface area contributed by atoms with E-state index >= 15 is 0 Å². The van der Waals surface area contributed by atoms with E-state index in [1.807, 2.05) is 0 Å². The average Bonchev–Trinajstić information content (AvgIpc) is 2.97. The van der Waals surface area contributed by atoms with Gasteiger partial charge in [-0.2, -0.15) is 0 Å². The third-order valence-electron chi connectivity index (χ3n) is 7.14. The first-order chi connectivity index (χ1) is 16.3. The van der Waals surface area contributed by atoms with Crippen molar-refractivity contribution >= 4 is 27.9 Å². The van der Waals surface area contributed by atoms with Crippen LogP contribution in [0.25, 0.3) is 0 Å². The third kappa shape index (κ3) is 5.77. The molecule has 2 aromatic carbocycles. The number of fused-ring (bicyclic) bond motifs is 4. The van der Waals surface area contributed by atoms with Gasteiger partial charge >= 0.3 is 11.9 Å². The Bertz CT molecular complexity index is 1050. The van der Waals surface area contributed by atoms with Crippen LogP contribution >= 0.6 is 15.9 Å². The van der Waals surface area contributed by atoms with Gasteiger partial charge in [0.05, 0.1) is 6.10 Å². The maximum atomic E-state index is 9.55. The number of rotatable bonds is 4. The van der Waals surface area contributed by atoms with Crippen LogP contribution in [0.4, 0.5) is 0 Å². The molecular formula is C27H30BrNO5. The van der Waals surface area contributed by atoms with E-state index in [0.29, 0.717) is 30.3 Å². The minimum absolute atomic E-state index is 0.0639. The van der Waals surface area contributed by atoms with Crippen LogP contribution in [0.2, 0.25) is 0 Å². The SMILES string of the molecule is CN1[C@@H]2CC[C@H]1CC(OC1c3ccccc3CCc3ccc(Br)cc31)C2.O=C(O)/C=C\C(=O)O. The van der Waals surface area contributed by atoms with Gasteiger partial charge in [0.25, 0.3) is 0 Å². The number of piperidine rings is 1. The average molecular weight is 528 g/mol. The van der Waals surface area contributed by atoms with E-state index in [-0.39, 0.29) is 6.10 Å². The number of nitrogens with zero attached hydrogens (tertiary/aromatic N) is 1. The second-order valence-corrected chi connectivity index (χ2v) is 10.1. The molecule has 0 spiro atoms. The molecule has 6 nitrogen and oxygen atoms in total. The summed E-state index contributed by atoms with van der Waals surface area (Å²) in [6.07, 6.45) is 8.77. The predicted molar refractivity (Wildman–Crippen MR) is 133 cm³/mol. The molecule has 2 heterocycles. The van der Waals surface area contributed by atoms with Crippen molar-refractivity contribution in [2.75, 3.05) is 7.05 Å². The molecule has 5 rings (SSSR count). The topological polar surface area (TPSA) is 87.1 Å². The zero-order chi connectivity index (χ0) is 24.2. The molecule has 4 atom stereocenters. The molecule has 1 aliphatic carbocycles.